The molecule has 0 N–H and O–H groups in total. The van der Waals surface area contributed by atoms with E-state index < -0.39 is 0 Å². The first kappa shape index (κ1) is 265. The Bertz CT molecular complexity index is 4200. The molecular formula is C130H212Y20-8. The van der Waals surface area contributed by atoms with Crippen molar-refractivity contribution in [2.24, 2.45) is 0 Å². The Morgan fingerprint density at radius 1 is 0.120 bits per heavy atom. The van der Waals surface area contributed by atoms with Gasteiger partial charge in [-0.3, -0.25) is 0 Å². The van der Waals surface area contributed by atoms with Gasteiger partial charge in [0.25, 0.3) is 0 Å². The van der Waals surface area contributed by atoms with Crippen LogP contribution in [0.15, 0.2) is 243 Å². The molecule has 0 bridgehead atoms. The van der Waals surface area contributed by atoms with Crippen molar-refractivity contribution in [3.05, 3.63) is 391 Å². The second kappa shape index (κ2) is 158. The summed E-state index contributed by atoms with van der Waals surface area (Å²) in [5.41, 5.74) is 47.0. The number of benzene rings is 12. The molecule has 20 rings (SSSR count). The van der Waals surface area contributed by atoms with E-state index in [1.807, 2.05) is 83.1 Å². The summed E-state index contributed by atoms with van der Waals surface area (Å²) < 4.78 is 0. The molecule has 12 aromatic carbocycles. The predicted octanol–water partition coefficient (Wildman–Crippen LogP) is 45.2. The van der Waals surface area contributed by atoms with Crippen molar-refractivity contribution in [3.8, 4) is 89.0 Å². The molecule has 0 heterocycles. The van der Waals surface area contributed by atoms with Gasteiger partial charge in [-0.1, -0.05) is 524 Å². The second-order valence-electron chi connectivity index (χ2n) is 27.5. The molecule has 0 amide bonds. The van der Waals surface area contributed by atoms with Crippen LogP contribution in [0.25, 0.3) is 89.0 Å². The van der Waals surface area contributed by atoms with Gasteiger partial charge in [0.05, 0.1) is 0 Å². The molecule has 0 atom stereocenters. The zero-order chi connectivity index (χ0) is 80.7. The van der Waals surface area contributed by atoms with E-state index in [2.05, 4.69) is 326 Å². The third-order valence-electron chi connectivity index (χ3n) is 19.0. The van der Waals surface area contributed by atoms with E-state index >= 15 is 0 Å². The van der Waals surface area contributed by atoms with Crippen LogP contribution < -0.4 is 0 Å². The van der Waals surface area contributed by atoms with Crippen molar-refractivity contribution in [1.82, 2.24) is 0 Å². The summed E-state index contributed by atoms with van der Waals surface area (Å²) in [5, 5.41) is 0. The van der Waals surface area contributed by atoms with Crippen LogP contribution in [0, 0.1) is 59.4 Å². The first-order chi connectivity index (χ1) is 54.1. The minimum atomic E-state index is 0. The van der Waals surface area contributed by atoms with Crippen LogP contribution in [0.5, 0.6) is 0 Å². The van der Waals surface area contributed by atoms with Crippen molar-refractivity contribution in [2.75, 3.05) is 0 Å². The average Bonchev–Trinajstić information content (AvgIpc) is 1.62. The summed E-state index contributed by atoms with van der Waals surface area (Å²) in [6.07, 6.45) is 16.3. The molecule has 0 unspecified atom stereocenters. The molecule has 0 saturated heterocycles. The molecule has 0 aliphatic heterocycles. The monoisotopic (exact) mass is 3550 g/mol. The van der Waals surface area contributed by atoms with Gasteiger partial charge in [-0.15, -0.1) is 0 Å². The van der Waals surface area contributed by atoms with Gasteiger partial charge in [-0.25, -0.2) is 0 Å². The van der Waals surface area contributed by atoms with Crippen LogP contribution >= 0.6 is 0 Å². The van der Waals surface area contributed by atoms with Crippen LogP contribution in [0.1, 0.15) is 383 Å². The predicted molar refractivity (Wildman–Crippen MR) is 628 cm³/mol. The minimum absolute atomic E-state index is 0. The van der Waals surface area contributed by atoms with Crippen molar-refractivity contribution < 1.29 is 654 Å². The van der Waals surface area contributed by atoms with E-state index in [-0.39, 0.29) is 803 Å². The molecule has 0 saturated carbocycles. The molecule has 20 radical (unpaired) electrons. The fraction of sp³-hybridized carbons (Fsp3) is 0.385. The van der Waals surface area contributed by atoms with E-state index in [4.69, 9.17) is 0 Å². The smallest absolute Gasteiger partial charge is 0 e. The first-order valence-electron chi connectivity index (χ1n) is 43.4. The summed E-state index contributed by atoms with van der Waals surface area (Å²) in [6.45, 7) is 49.5. The van der Waals surface area contributed by atoms with Crippen molar-refractivity contribution in [3.63, 3.8) is 0 Å². The number of hydrogen-bond donors (Lipinski definition) is 0. The standard InChI is InChI=1S/4C20H14.6C3H8.6C2H6.12CH4.8CH3.20Y/c2*1-3-7-17-13(5-1)9-15-11-16-10-14-6-2-4-8-18(14)20(16)12-19(15)17;2*1-3-7-15-13(5-1)11-19-17(15)9-10-18-16-8-4-2-6-14(16)12-20(18)19;6*1-3-2;6*1-2;;;;;;;;;;;;;;;;;;;;;;;;;;;;;;;;;;;;;;;;/h2*1-8,11-12H,9-10H2;2*1-10H,11-12H2;6*3H2,1-2H3;6*1-2H3;12*1H4;8*1H3;;;;;;;;;;;;;;;;;;;;/q;;;;;;;;;;;;;;;;;;;;;;;;;;;;8*-1;;;;;;;;;;;;;;;;;;;;. The zero-order valence-corrected chi connectivity index (χ0v) is 149. The van der Waals surface area contributed by atoms with E-state index in [1.54, 1.807) is 22.3 Å². The summed E-state index contributed by atoms with van der Waals surface area (Å²) in [4.78, 5) is 0. The van der Waals surface area contributed by atoms with Gasteiger partial charge in [0.15, 0.2) is 0 Å². The molecule has 0 fully saturated rings. The van der Waals surface area contributed by atoms with E-state index in [1.165, 1.54) is 194 Å². The molecule has 8 aliphatic carbocycles. The van der Waals surface area contributed by atoms with Gasteiger partial charge in [-0.05, 0) is 242 Å². The molecule has 0 nitrogen and oxygen atoms in total. The summed E-state index contributed by atoms with van der Waals surface area (Å²) in [6, 6.07) is 89.6. The van der Waals surface area contributed by atoms with E-state index in [0.29, 0.717) is 0 Å². The quantitative estimate of drug-likeness (QED) is 0.133. The third kappa shape index (κ3) is 77.0. The molecule has 8 aliphatic rings. The minimum Gasteiger partial charge on any atom is -0.358 e. The maximum atomic E-state index is 2.44. The Labute approximate surface area is 1450 Å². The summed E-state index contributed by atoms with van der Waals surface area (Å²) in [7, 11) is 0. The maximum Gasteiger partial charge on any atom is 0 e. The van der Waals surface area contributed by atoms with Gasteiger partial charge < -0.3 is 59.4 Å². The van der Waals surface area contributed by atoms with E-state index in [9.17, 15) is 0 Å². The normalized spacial score (nSPS) is 8.21. The second-order valence-corrected chi connectivity index (χ2v) is 27.5. The van der Waals surface area contributed by atoms with Gasteiger partial charge >= 0.3 is 0 Å². The molecular weight excluding hydrogens is 3340 g/mol. The van der Waals surface area contributed by atoms with Crippen LogP contribution in [0.2, 0.25) is 0 Å². The van der Waals surface area contributed by atoms with Crippen LogP contribution in [-0.2, 0) is 706 Å². The number of fused-ring (bicyclic) bond motifs is 26. The molecule has 20 heteroatoms. The van der Waals surface area contributed by atoms with Crippen LogP contribution in [0.3, 0.4) is 0 Å². The molecule has 0 spiro atoms. The summed E-state index contributed by atoms with van der Waals surface area (Å²) >= 11 is 0. The first-order valence-corrected chi connectivity index (χ1v) is 43.4. The van der Waals surface area contributed by atoms with Crippen molar-refractivity contribution >= 4 is 0 Å². The molecule has 150 heavy (non-hydrogen) atoms. The fourth-order valence-electron chi connectivity index (χ4n) is 15.3. The van der Waals surface area contributed by atoms with Gasteiger partial charge in [0, 0.05) is 654 Å². The number of rotatable bonds is 0. The third-order valence-corrected chi connectivity index (χ3v) is 19.0. The Morgan fingerprint density at radius 2 is 0.213 bits per heavy atom. The van der Waals surface area contributed by atoms with Crippen molar-refractivity contribution in [2.45, 2.75) is 345 Å². The summed E-state index contributed by atoms with van der Waals surface area (Å²) in [5.74, 6) is 0. The van der Waals surface area contributed by atoms with Crippen LogP contribution in [0.4, 0.5) is 0 Å². The van der Waals surface area contributed by atoms with Gasteiger partial charge in [-0.2, -0.15) is 0 Å². The molecule has 0 aromatic heterocycles. The fourth-order valence-corrected chi connectivity index (χ4v) is 15.3. The van der Waals surface area contributed by atoms with Gasteiger partial charge in [0.1, 0.15) is 0 Å². The average molecular weight is 3550 g/mol. The maximum absolute atomic E-state index is 2.44. The van der Waals surface area contributed by atoms with Gasteiger partial charge in [0.2, 0.25) is 0 Å². The molecule has 800 valence electrons. The number of hydrogen-bond acceptors (Lipinski definition) is 0. The largest absolute Gasteiger partial charge is 0.358 e. The Kier molecular flexibility index (Phi) is 279. The topological polar surface area (TPSA) is 0 Å². The Balaban J connectivity index is -0.0000000289. The van der Waals surface area contributed by atoms with E-state index in [0.717, 1.165) is 51.4 Å². The van der Waals surface area contributed by atoms with Crippen molar-refractivity contribution in [1.29, 1.82) is 0 Å². The molecule has 12 aromatic rings. The Morgan fingerprint density at radius 3 is 0.327 bits per heavy atom. The Hall–Kier alpha value is 12.7. The van der Waals surface area contributed by atoms with Crippen LogP contribution in [-0.4, -0.2) is 0 Å². The zero-order valence-electron chi connectivity index (χ0n) is 92.5. The SMILES string of the molecule is C.C.C.C.C.C.C.C.C.C.C.C.CC.CC.CC.CC.CC.CC.CCC.CCC.CCC.CCC.CCC.CCC.[CH3-].[CH3-].[CH3-].[CH3-].[CH3-].[CH3-].[CH3-].[CH3-].[Y].[Y].[Y].[Y].[Y].[Y].[Y].[Y].[Y].[Y].[Y].[Y].[Y].[Y].[Y].[Y].[Y].[Y].[Y].[Y].c1ccc2c(c1)Cc1c-2ccc2c1Cc1ccccc1-2.c1ccc2c(c1)Cc1c-2ccc2c1Cc1ccccc1-2.c1ccc2c(c1)Cc1cc3c(cc1-2)-c1ccccc1C3.c1ccc2c(c1)Cc1cc3c(cc1-2)-c1ccccc1C3.